The molecule has 1 saturated heterocycles. The predicted molar refractivity (Wildman–Crippen MR) is 99.1 cm³/mol. The fourth-order valence-electron chi connectivity index (χ4n) is 4.63. The number of carbonyl (C=O) groups excluding carboxylic acids is 1. The zero-order valence-corrected chi connectivity index (χ0v) is 14.4. The molecule has 2 aromatic rings. The Bertz CT molecular complexity index is 717. The van der Waals surface area contributed by atoms with Crippen molar-refractivity contribution in [2.24, 2.45) is 5.92 Å². The Morgan fingerprint density at radius 2 is 1.67 bits per heavy atom. The molecule has 2 heteroatoms. The van der Waals surface area contributed by atoms with Gasteiger partial charge in [0.15, 0.2) is 0 Å². The van der Waals surface area contributed by atoms with E-state index in [-0.39, 0.29) is 12.0 Å². The summed E-state index contributed by atoms with van der Waals surface area (Å²) >= 11 is 0. The van der Waals surface area contributed by atoms with Crippen molar-refractivity contribution in [1.29, 1.82) is 0 Å². The molecule has 24 heavy (non-hydrogen) atoms. The predicted octanol–water partition coefficient (Wildman–Crippen LogP) is 5.13. The molecular weight excluding hydrogens is 294 g/mol. The zero-order chi connectivity index (χ0) is 16.4. The van der Waals surface area contributed by atoms with Crippen LogP contribution >= 0.6 is 0 Å². The van der Waals surface area contributed by atoms with E-state index >= 15 is 0 Å². The normalized spacial score (nSPS) is 24.2. The van der Waals surface area contributed by atoms with Crippen LogP contribution in [-0.4, -0.2) is 23.8 Å². The largest absolute Gasteiger partial charge is 0.299 e. The van der Waals surface area contributed by atoms with Gasteiger partial charge in [-0.3, -0.25) is 9.69 Å². The maximum absolute atomic E-state index is 12.7. The van der Waals surface area contributed by atoms with Crippen LogP contribution < -0.4 is 0 Å². The Balaban J connectivity index is 1.73. The van der Waals surface area contributed by atoms with E-state index in [0.29, 0.717) is 5.78 Å². The van der Waals surface area contributed by atoms with Crippen LogP contribution in [0.2, 0.25) is 0 Å². The van der Waals surface area contributed by atoms with Crippen LogP contribution in [0.4, 0.5) is 0 Å². The second-order valence-electron chi connectivity index (χ2n) is 7.47. The summed E-state index contributed by atoms with van der Waals surface area (Å²) in [5.74, 6) is 0.683. The maximum Gasteiger partial charge on any atom is 0.137 e. The van der Waals surface area contributed by atoms with E-state index in [4.69, 9.17) is 0 Å². The molecule has 0 bridgehead atoms. The molecule has 2 nitrogen and oxygen atoms in total. The first-order chi connectivity index (χ1) is 11.8. The minimum Gasteiger partial charge on any atom is -0.299 e. The second-order valence-corrected chi connectivity index (χ2v) is 7.47. The number of nitrogens with zero attached hydrogens (tertiary/aromatic N) is 1. The zero-order valence-electron chi connectivity index (χ0n) is 14.4. The SMILES string of the molecule is O=C1CCCCC1C(c1ccc2ccccc2c1)N1CCCCC1. The van der Waals surface area contributed by atoms with Crippen LogP contribution in [0.25, 0.3) is 10.8 Å². The fourth-order valence-corrected chi connectivity index (χ4v) is 4.63. The van der Waals surface area contributed by atoms with Crippen LogP contribution in [0.5, 0.6) is 0 Å². The fraction of sp³-hybridized carbons (Fsp3) is 0.500. The molecular formula is C22H27NO. The molecule has 1 heterocycles. The summed E-state index contributed by atoms with van der Waals surface area (Å²) in [5.41, 5.74) is 1.34. The highest BCUT2D eigenvalue weighted by molar-refractivity contribution is 5.85. The van der Waals surface area contributed by atoms with E-state index in [1.807, 2.05) is 0 Å². The van der Waals surface area contributed by atoms with Crippen LogP contribution in [-0.2, 0) is 4.79 Å². The van der Waals surface area contributed by atoms with Gasteiger partial charge in [-0.2, -0.15) is 0 Å². The Kier molecular flexibility index (Phi) is 4.66. The van der Waals surface area contributed by atoms with Gasteiger partial charge in [-0.15, -0.1) is 0 Å². The molecule has 1 saturated carbocycles. The molecule has 0 spiro atoms. The third-order valence-electron chi connectivity index (χ3n) is 5.88. The molecule has 2 unspecified atom stereocenters. The Labute approximate surface area is 144 Å². The molecule has 4 rings (SSSR count). The number of carbonyl (C=O) groups is 1. The molecule has 1 aliphatic carbocycles. The summed E-state index contributed by atoms with van der Waals surface area (Å²) in [4.78, 5) is 15.3. The number of hydrogen-bond donors (Lipinski definition) is 0. The second kappa shape index (κ2) is 7.06. The van der Waals surface area contributed by atoms with Crippen LogP contribution in [0.1, 0.15) is 56.6 Å². The van der Waals surface area contributed by atoms with E-state index in [9.17, 15) is 4.79 Å². The van der Waals surface area contributed by atoms with Crippen molar-refractivity contribution in [3.8, 4) is 0 Å². The summed E-state index contributed by atoms with van der Waals surface area (Å²) in [6, 6.07) is 15.7. The first kappa shape index (κ1) is 15.8. The molecule has 0 N–H and O–H groups in total. The average Bonchev–Trinajstić information content (AvgIpc) is 2.64. The van der Waals surface area contributed by atoms with Gasteiger partial charge in [0.1, 0.15) is 5.78 Å². The third kappa shape index (κ3) is 3.12. The van der Waals surface area contributed by atoms with Gasteiger partial charge in [0.25, 0.3) is 0 Å². The lowest BCUT2D eigenvalue weighted by molar-refractivity contribution is -0.127. The molecule has 2 aliphatic rings. The van der Waals surface area contributed by atoms with Crippen molar-refractivity contribution in [2.45, 2.75) is 51.0 Å². The smallest absolute Gasteiger partial charge is 0.137 e. The van der Waals surface area contributed by atoms with Crippen molar-refractivity contribution in [2.75, 3.05) is 13.1 Å². The van der Waals surface area contributed by atoms with Gasteiger partial charge in [0.05, 0.1) is 0 Å². The Morgan fingerprint density at radius 3 is 2.46 bits per heavy atom. The minimum absolute atomic E-state index is 0.193. The van der Waals surface area contributed by atoms with E-state index in [2.05, 4.69) is 47.4 Å². The van der Waals surface area contributed by atoms with Crippen molar-refractivity contribution >= 4 is 16.6 Å². The molecule has 1 aliphatic heterocycles. The number of fused-ring (bicyclic) bond motifs is 1. The van der Waals surface area contributed by atoms with Crippen molar-refractivity contribution in [1.82, 2.24) is 4.90 Å². The van der Waals surface area contributed by atoms with E-state index < -0.39 is 0 Å². The maximum atomic E-state index is 12.7. The lowest BCUT2D eigenvalue weighted by atomic mass is 9.78. The third-order valence-corrected chi connectivity index (χ3v) is 5.88. The van der Waals surface area contributed by atoms with Crippen LogP contribution in [0.15, 0.2) is 42.5 Å². The van der Waals surface area contributed by atoms with Crippen molar-refractivity contribution in [3.05, 3.63) is 48.0 Å². The Morgan fingerprint density at radius 1 is 0.875 bits per heavy atom. The number of Topliss-reactive ketones (excluding diaryl/α,β-unsaturated/α-hetero) is 1. The van der Waals surface area contributed by atoms with Gasteiger partial charge in [0.2, 0.25) is 0 Å². The van der Waals surface area contributed by atoms with Crippen molar-refractivity contribution < 1.29 is 4.79 Å². The van der Waals surface area contributed by atoms with Gasteiger partial charge in [0, 0.05) is 18.4 Å². The highest BCUT2D eigenvalue weighted by atomic mass is 16.1. The van der Waals surface area contributed by atoms with Gasteiger partial charge >= 0.3 is 0 Å². The number of ketones is 1. The van der Waals surface area contributed by atoms with Crippen LogP contribution in [0.3, 0.4) is 0 Å². The van der Waals surface area contributed by atoms with Crippen molar-refractivity contribution in [3.63, 3.8) is 0 Å². The molecule has 126 valence electrons. The first-order valence-corrected chi connectivity index (χ1v) is 9.58. The van der Waals surface area contributed by atoms with E-state index in [0.717, 1.165) is 32.4 Å². The lowest BCUT2D eigenvalue weighted by Gasteiger charge is -2.40. The number of rotatable bonds is 3. The summed E-state index contributed by atoms with van der Waals surface area (Å²) in [5, 5.41) is 2.58. The standard InChI is InChI=1S/C22H27NO/c24-21-11-5-4-10-20(21)22(23-14-6-1-7-15-23)19-13-12-17-8-2-3-9-18(17)16-19/h2-3,8-9,12-13,16,20,22H,1,4-7,10-11,14-15H2. The number of likely N-dealkylation sites (tertiary alicyclic amines) is 1. The number of benzene rings is 2. The van der Waals surface area contributed by atoms with Gasteiger partial charge in [-0.25, -0.2) is 0 Å². The Hall–Kier alpha value is -1.67. The molecule has 2 fully saturated rings. The number of piperidine rings is 1. The summed E-state index contributed by atoms with van der Waals surface area (Å²) in [6.45, 7) is 2.28. The number of hydrogen-bond acceptors (Lipinski definition) is 2. The van der Waals surface area contributed by atoms with Crippen LogP contribution in [0, 0.1) is 5.92 Å². The van der Waals surface area contributed by atoms with E-state index in [1.165, 1.54) is 42.0 Å². The van der Waals surface area contributed by atoms with Gasteiger partial charge in [-0.1, -0.05) is 49.2 Å². The minimum atomic E-state index is 0.193. The summed E-state index contributed by atoms with van der Waals surface area (Å²) in [7, 11) is 0. The molecule has 0 amide bonds. The quantitative estimate of drug-likeness (QED) is 0.781. The molecule has 0 radical (unpaired) electrons. The highest BCUT2D eigenvalue weighted by Gasteiger charge is 2.35. The lowest BCUT2D eigenvalue weighted by Crippen LogP contribution is -2.41. The molecule has 0 aromatic heterocycles. The summed E-state index contributed by atoms with van der Waals surface area (Å²) < 4.78 is 0. The topological polar surface area (TPSA) is 20.3 Å². The van der Waals surface area contributed by atoms with Gasteiger partial charge in [-0.05, 0) is 61.2 Å². The highest BCUT2D eigenvalue weighted by Crippen LogP contribution is 2.38. The monoisotopic (exact) mass is 321 g/mol. The molecule has 2 aromatic carbocycles. The average molecular weight is 321 g/mol. The molecule has 2 atom stereocenters. The van der Waals surface area contributed by atoms with Gasteiger partial charge < -0.3 is 0 Å². The summed E-state index contributed by atoms with van der Waals surface area (Å²) in [6.07, 6.45) is 8.00. The van der Waals surface area contributed by atoms with E-state index in [1.54, 1.807) is 0 Å². The first-order valence-electron chi connectivity index (χ1n) is 9.58.